The largest absolute Gasteiger partial charge is 0.364 e. The fraction of sp³-hybridized carbons (Fsp3) is 0.938. The predicted octanol–water partition coefficient (Wildman–Crippen LogP) is 1.92. The van der Waals surface area contributed by atoms with Gasteiger partial charge in [0.1, 0.15) is 6.10 Å². The van der Waals surface area contributed by atoms with Crippen molar-refractivity contribution < 1.29 is 9.53 Å². The third-order valence-corrected chi connectivity index (χ3v) is 5.34. The van der Waals surface area contributed by atoms with Gasteiger partial charge >= 0.3 is 0 Å². The van der Waals surface area contributed by atoms with Crippen molar-refractivity contribution in [1.82, 2.24) is 4.90 Å². The molecule has 0 aromatic rings. The highest BCUT2D eigenvalue weighted by atomic mass is 16.5. The Balaban J connectivity index is 1.71. The number of amides is 1. The van der Waals surface area contributed by atoms with Crippen LogP contribution in [0.3, 0.4) is 0 Å². The highest BCUT2D eigenvalue weighted by Gasteiger charge is 2.52. The van der Waals surface area contributed by atoms with Gasteiger partial charge in [-0.3, -0.25) is 4.79 Å². The number of fused-ring (bicyclic) bond motifs is 2. The topological polar surface area (TPSA) is 55.6 Å². The number of nitrogens with two attached hydrogens (primary N) is 1. The molecule has 0 aromatic carbocycles. The van der Waals surface area contributed by atoms with Crippen LogP contribution in [0, 0.1) is 10.8 Å². The summed E-state index contributed by atoms with van der Waals surface area (Å²) in [5.41, 5.74) is 6.29. The summed E-state index contributed by atoms with van der Waals surface area (Å²) < 4.78 is 5.80. The number of carbonyl (C=O) groups is 1. The van der Waals surface area contributed by atoms with Gasteiger partial charge in [-0.05, 0) is 42.9 Å². The van der Waals surface area contributed by atoms with E-state index in [1.54, 1.807) is 0 Å². The average molecular weight is 280 g/mol. The molecule has 114 valence electrons. The van der Waals surface area contributed by atoms with Crippen LogP contribution >= 0.6 is 0 Å². The lowest BCUT2D eigenvalue weighted by atomic mass is 9.65. The van der Waals surface area contributed by atoms with E-state index in [1.165, 1.54) is 6.42 Å². The first-order chi connectivity index (χ1) is 9.32. The second-order valence-electron chi connectivity index (χ2n) is 8.24. The van der Waals surface area contributed by atoms with E-state index in [-0.39, 0.29) is 18.1 Å². The van der Waals surface area contributed by atoms with Crippen molar-refractivity contribution in [2.75, 3.05) is 13.1 Å². The fourth-order valence-electron chi connectivity index (χ4n) is 4.96. The van der Waals surface area contributed by atoms with Gasteiger partial charge in [-0.25, -0.2) is 0 Å². The van der Waals surface area contributed by atoms with Crippen LogP contribution in [0.2, 0.25) is 0 Å². The van der Waals surface area contributed by atoms with Crippen LogP contribution in [-0.2, 0) is 9.53 Å². The van der Waals surface area contributed by atoms with Gasteiger partial charge in [0, 0.05) is 19.1 Å². The number of hydrogen-bond acceptors (Lipinski definition) is 3. The second-order valence-corrected chi connectivity index (χ2v) is 8.24. The Morgan fingerprint density at radius 2 is 2.05 bits per heavy atom. The Kier molecular flexibility index (Phi) is 3.37. The number of likely N-dealkylation sites (tertiary alicyclic amines) is 1. The zero-order valence-corrected chi connectivity index (χ0v) is 13.0. The first-order valence-corrected chi connectivity index (χ1v) is 7.98. The molecule has 0 aromatic heterocycles. The molecule has 4 atom stereocenters. The zero-order valence-electron chi connectivity index (χ0n) is 13.0. The molecule has 1 aliphatic carbocycles. The lowest BCUT2D eigenvalue weighted by Gasteiger charge is -2.39. The van der Waals surface area contributed by atoms with Gasteiger partial charge in [-0.15, -0.1) is 0 Å². The first kappa shape index (κ1) is 14.3. The number of ether oxygens (including phenoxy) is 1. The number of carbonyl (C=O) groups excluding carboxylic acids is 1. The molecule has 0 spiro atoms. The van der Waals surface area contributed by atoms with Gasteiger partial charge in [-0.2, -0.15) is 0 Å². The molecule has 0 radical (unpaired) electrons. The van der Waals surface area contributed by atoms with Crippen LogP contribution in [0.4, 0.5) is 0 Å². The van der Waals surface area contributed by atoms with E-state index in [4.69, 9.17) is 10.5 Å². The monoisotopic (exact) mass is 280 g/mol. The maximum absolute atomic E-state index is 12.8. The molecular weight excluding hydrogens is 252 g/mol. The highest BCUT2D eigenvalue weighted by molar-refractivity contribution is 5.82. The molecule has 4 nitrogen and oxygen atoms in total. The zero-order chi connectivity index (χ0) is 14.5. The predicted molar refractivity (Wildman–Crippen MR) is 78.2 cm³/mol. The maximum atomic E-state index is 12.8. The molecule has 1 amide bonds. The van der Waals surface area contributed by atoms with Gasteiger partial charge < -0.3 is 15.4 Å². The summed E-state index contributed by atoms with van der Waals surface area (Å²) in [5.74, 6) is 0.215. The standard InChI is InChI=1S/C16H28N2O2/c1-15(2)6-11-7-16(3,9-15)10-18(11)14(19)13-5-4-12(8-17)20-13/h11-13H,4-10,17H2,1-3H3. The van der Waals surface area contributed by atoms with Crippen LogP contribution < -0.4 is 5.73 Å². The van der Waals surface area contributed by atoms with Gasteiger partial charge in [0.15, 0.2) is 0 Å². The van der Waals surface area contributed by atoms with Crippen molar-refractivity contribution in [3.05, 3.63) is 0 Å². The third-order valence-electron chi connectivity index (χ3n) is 5.34. The van der Waals surface area contributed by atoms with E-state index in [0.29, 0.717) is 23.4 Å². The average Bonchev–Trinajstić information content (AvgIpc) is 2.89. The molecule has 2 heterocycles. The van der Waals surface area contributed by atoms with E-state index in [9.17, 15) is 4.79 Å². The first-order valence-electron chi connectivity index (χ1n) is 7.98. The molecule has 3 aliphatic rings. The molecule has 2 bridgehead atoms. The Hall–Kier alpha value is -0.610. The van der Waals surface area contributed by atoms with Crippen LogP contribution in [0.1, 0.15) is 52.9 Å². The van der Waals surface area contributed by atoms with Crippen molar-refractivity contribution >= 4 is 5.91 Å². The van der Waals surface area contributed by atoms with Crippen molar-refractivity contribution in [3.63, 3.8) is 0 Å². The van der Waals surface area contributed by atoms with Gasteiger partial charge in [0.05, 0.1) is 6.10 Å². The van der Waals surface area contributed by atoms with E-state index >= 15 is 0 Å². The molecule has 2 N–H and O–H groups in total. The summed E-state index contributed by atoms with van der Waals surface area (Å²) >= 11 is 0. The number of nitrogens with zero attached hydrogens (tertiary/aromatic N) is 1. The minimum atomic E-state index is -0.241. The molecular formula is C16H28N2O2. The van der Waals surface area contributed by atoms with Gasteiger partial charge in [-0.1, -0.05) is 20.8 Å². The van der Waals surface area contributed by atoms with Crippen LogP contribution in [-0.4, -0.2) is 42.1 Å². The van der Waals surface area contributed by atoms with Crippen molar-refractivity contribution in [3.8, 4) is 0 Å². The molecule has 2 saturated heterocycles. The summed E-state index contributed by atoms with van der Waals surface area (Å²) in [7, 11) is 0. The minimum Gasteiger partial charge on any atom is -0.364 e. The number of hydrogen-bond donors (Lipinski definition) is 1. The number of rotatable bonds is 2. The quantitative estimate of drug-likeness (QED) is 0.841. The third kappa shape index (κ3) is 2.48. The molecule has 1 saturated carbocycles. The van der Waals surface area contributed by atoms with Crippen molar-refractivity contribution in [1.29, 1.82) is 0 Å². The molecule has 4 heteroatoms. The molecule has 3 fully saturated rings. The van der Waals surface area contributed by atoms with E-state index < -0.39 is 0 Å². The highest BCUT2D eigenvalue weighted by Crippen LogP contribution is 2.52. The Bertz CT molecular complexity index is 409. The Morgan fingerprint density at radius 3 is 2.70 bits per heavy atom. The van der Waals surface area contributed by atoms with Crippen LogP contribution in [0.25, 0.3) is 0 Å². The summed E-state index contributed by atoms with van der Waals surface area (Å²) in [6, 6.07) is 0.414. The lowest BCUT2D eigenvalue weighted by Crippen LogP contribution is -2.43. The van der Waals surface area contributed by atoms with Gasteiger partial charge in [0.2, 0.25) is 0 Å². The van der Waals surface area contributed by atoms with Crippen molar-refractivity contribution in [2.45, 2.75) is 71.1 Å². The normalized spacial score (nSPS) is 43.0. The van der Waals surface area contributed by atoms with E-state index in [2.05, 4.69) is 25.7 Å². The van der Waals surface area contributed by atoms with E-state index in [1.807, 2.05) is 0 Å². The van der Waals surface area contributed by atoms with Crippen molar-refractivity contribution in [2.24, 2.45) is 16.6 Å². The maximum Gasteiger partial charge on any atom is 0.251 e. The Morgan fingerprint density at radius 1 is 1.30 bits per heavy atom. The minimum absolute atomic E-state index is 0.0814. The molecule has 2 aliphatic heterocycles. The summed E-state index contributed by atoms with van der Waals surface area (Å²) in [4.78, 5) is 14.9. The smallest absolute Gasteiger partial charge is 0.251 e. The molecule has 3 rings (SSSR count). The van der Waals surface area contributed by atoms with E-state index in [0.717, 1.165) is 32.2 Å². The Labute approximate surface area is 122 Å². The summed E-state index contributed by atoms with van der Waals surface area (Å²) in [6.07, 6.45) is 5.11. The summed E-state index contributed by atoms with van der Waals surface area (Å²) in [6.45, 7) is 8.45. The SMILES string of the molecule is CC1(C)CC2CC(C)(CN2C(=O)C2CCC(CN)O2)C1. The second kappa shape index (κ2) is 4.70. The molecule has 4 unspecified atom stereocenters. The fourth-order valence-corrected chi connectivity index (χ4v) is 4.96. The summed E-state index contributed by atoms with van der Waals surface area (Å²) in [5, 5.41) is 0. The van der Waals surface area contributed by atoms with Crippen LogP contribution in [0.15, 0.2) is 0 Å². The van der Waals surface area contributed by atoms with Gasteiger partial charge in [0.25, 0.3) is 5.91 Å². The van der Waals surface area contributed by atoms with Crippen LogP contribution in [0.5, 0.6) is 0 Å². The lowest BCUT2D eigenvalue weighted by molar-refractivity contribution is -0.144. The molecule has 20 heavy (non-hydrogen) atoms.